The van der Waals surface area contributed by atoms with Crippen molar-refractivity contribution >= 4 is 5.97 Å². The third kappa shape index (κ3) is 2.32. The molecule has 0 aliphatic rings. The maximum Gasteiger partial charge on any atom is 0.342 e. The zero-order valence-corrected chi connectivity index (χ0v) is 8.02. The van der Waals surface area contributed by atoms with Crippen molar-refractivity contribution in [1.29, 1.82) is 0 Å². The van der Waals surface area contributed by atoms with Crippen molar-refractivity contribution in [2.45, 2.75) is 6.54 Å². The number of carboxylic acid groups (broad SMARTS) is 1. The molecule has 1 aromatic heterocycles. The van der Waals surface area contributed by atoms with Crippen LogP contribution in [0, 0.1) is 0 Å². The summed E-state index contributed by atoms with van der Waals surface area (Å²) in [6, 6.07) is 0. The molecule has 1 rings (SSSR count). The van der Waals surface area contributed by atoms with Gasteiger partial charge in [-0.05, 0) is 0 Å². The van der Waals surface area contributed by atoms with E-state index in [-0.39, 0.29) is 13.2 Å². The first kappa shape index (κ1) is 11.2. The molecule has 1 heterocycles. The maximum atomic E-state index is 11.4. The summed E-state index contributed by atoms with van der Waals surface area (Å²) in [5, 5.41) is 8.64. The zero-order chi connectivity index (χ0) is 11.4. The van der Waals surface area contributed by atoms with E-state index in [0.29, 0.717) is 0 Å². The first-order chi connectivity index (χ1) is 7.07. The summed E-state index contributed by atoms with van der Waals surface area (Å²) in [7, 11) is 1.42. The second kappa shape index (κ2) is 4.56. The van der Waals surface area contributed by atoms with Gasteiger partial charge in [-0.3, -0.25) is 9.36 Å². The lowest BCUT2D eigenvalue weighted by Crippen LogP contribution is -2.38. The number of carbonyl (C=O) groups is 1. The Morgan fingerprint density at radius 2 is 2.27 bits per heavy atom. The highest BCUT2D eigenvalue weighted by molar-refractivity contribution is 5.86. The topological polar surface area (TPSA) is 101 Å². The molecule has 0 radical (unpaired) electrons. The van der Waals surface area contributed by atoms with E-state index in [1.165, 1.54) is 7.11 Å². The molecule has 0 aliphatic heterocycles. The highest BCUT2D eigenvalue weighted by Crippen LogP contribution is 1.85. The molecule has 0 bridgehead atoms. The van der Waals surface area contributed by atoms with Gasteiger partial charge in [-0.1, -0.05) is 0 Å². The molecule has 2 N–H and O–H groups in total. The first-order valence-corrected chi connectivity index (χ1v) is 4.12. The van der Waals surface area contributed by atoms with E-state index in [2.05, 4.69) is 4.98 Å². The summed E-state index contributed by atoms with van der Waals surface area (Å²) in [5.74, 6) is -1.37. The second-order valence-corrected chi connectivity index (χ2v) is 2.76. The lowest BCUT2D eigenvalue weighted by atomic mass is 10.3. The quantitative estimate of drug-likeness (QED) is 0.661. The summed E-state index contributed by atoms with van der Waals surface area (Å²) in [4.78, 5) is 35.4. The van der Waals surface area contributed by atoms with Crippen LogP contribution in [0.15, 0.2) is 15.8 Å². The van der Waals surface area contributed by atoms with Crippen LogP contribution in [0.5, 0.6) is 0 Å². The van der Waals surface area contributed by atoms with Crippen LogP contribution < -0.4 is 11.2 Å². The predicted molar refractivity (Wildman–Crippen MR) is 50.2 cm³/mol. The van der Waals surface area contributed by atoms with Crippen molar-refractivity contribution in [3.05, 3.63) is 32.6 Å². The molecule has 0 amide bonds. The molecule has 0 aliphatic carbocycles. The van der Waals surface area contributed by atoms with Crippen molar-refractivity contribution in [2.24, 2.45) is 0 Å². The van der Waals surface area contributed by atoms with Gasteiger partial charge in [0.2, 0.25) is 0 Å². The van der Waals surface area contributed by atoms with Gasteiger partial charge in [0.25, 0.3) is 5.56 Å². The van der Waals surface area contributed by atoms with Gasteiger partial charge in [0.15, 0.2) is 0 Å². The van der Waals surface area contributed by atoms with Crippen molar-refractivity contribution < 1.29 is 14.6 Å². The summed E-state index contributed by atoms with van der Waals surface area (Å²) >= 11 is 0. The number of rotatable bonds is 4. The maximum absolute atomic E-state index is 11.4. The van der Waals surface area contributed by atoms with Gasteiger partial charge in [-0.2, -0.15) is 0 Å². The van der Waals surface area contributed by atoms with Gasteiger partial charge >= 0.3 is 11.7 Å². The Morgan fingerprint density at radius 3 is 2.80 bits per heavy atom. The third-order valence-electron chi connectivity index (χ3n) is 1.81. The molecule has 0 saturated heterocycles. The fraction of sp³-hybridized carbons (Fsp3) is 0.375. The molecule has 0 spiro atoms. The lowest BCUT2D eigenvalue weighted by molar-refractivity contribution is 0.0693. The normalized spacial score (nSPS) is 10.2. The largest absolute Gasteiger partial charge is 0.477 e. The van der Waals surface area contributed by atoms with Gasteiger partial charge in [0, 0.05) is 13.3 Å². The van der Waals surface area contributed by atoms with Crippen LogP contribution in [-0.4, -0.2) is 34.3 Å². The molecule has 7 heteroatoms. The number of ether oxygens (including phenoxy) is 1. The highest BCUT2D eigenvalue weighted by atomic mass is 16.5. The summed E-state index contributed by atoms with van der Waals surface area (Å²) in [5.41, 5.74) is -1.95. The molecule has 0 aromatic carbocycles. The fourth-order valence-electron chi connectivity index (χ4n) is 1.05. The average Bonchev–Trinajstić information content (AvgIpc) is 2.17. The number of aromatic nitrogens is 2. The van der Waals surface area contributed by atoms with Gasteiger partial charge in [-0.15, -0.1) is 0 Å². The minimum Gasteiger partial charge on any atom is -0.477 e. The smallest absolute Gasteiger partial charge is 0.342 e. The van der Waals surface area contributed by atoms with Crippen LogP contribution in [0.4, 0.5) is 0 Å². The molecule has 1 aromatic rings. The third-order valence-corrected chi connectivity index (χ3v) is 1.81. The Balaban J connectivity index is 3.25. The minimum atomic E-state index is -1.37. The number of aromatic carboxylic acids is 1. The van der Waals surface area contributed by atoms with E-state index in [1.54, 1.807) is 0 Å². The Morgan fingerprint density at radius 1 is 1.60 bits per heavy atom. The van der Waals surface area contributed by atoms with Gasteiger partial charge < -0.3 is 14.8 Å². The van der Waals surface area contributed by atoms with Crippen molar-refractivity contribution in [3.63, 3.8) is 0 Å². The number of nitrogens with zero attached hydrogens (tertiary/aromatic N) is 1. The van der Waals surface area contributed by atoms with Crippen LogP contribution >= 0.6 is 0 Å². The number of H-pyrrole nitrogens is 1. The molecule has 0 fully saturated rings. The Hall–Kier alpha value is -1.89. The van der Waals surface area contributed by atoms with Crippen molar-refractivity contribution in [2.75, 3.05) is 13.7 Å². The van der Waals surface area contributed by atoms with Crippen LogP contribution in [0.3, 0.4) is 0 Å². The number of hydrogen-bond acceptors (Lipinski definition) is 4. The number of methoxy groups -OCH3 is 1. The molecule has 0 atom stereocenters. The number of hydrogen-bond donors (Lipinski definition) is 2. The number of nitrogens with one attached hydrogen (secondary N) is 1. The Labute approximate surface area is 83.9 Å². The molecule has 0 unspecified atom stereocenters. The predicted octanol–water partition coefficient (Wildman–Crippen LogP) is -1.12. The van der Waals surface area contributed by atoms with Gasteiger partial charge in [0.05, 0.1) is 13.2 Å². The Kier molecular flexibility index (Phi) is 3.40. The van der Waals surface area contributed by atoms with Crippen LogP contribution in [0.1, 0.15) is 10.4 Å². The van der Waals surface area contributed by atoms with Gasteiger partial charge in [0.1, 0.15) is 5.56 Å². The van der Waals surface area contributed by atoms with Gasteiger partial charge in [-0.25, -0.2) is 9.59 Å². The van der Waals surface area contributed by atoms with E-state index in [1.807, 2.05) is 0 Å². The molecule has 82 valence electrons. The molecular weight excluding hydrogens is 204 g/mol. The monoisotopic (exact) mass is 214 g/mol. The number of carboxylic acids is 1. The van der Waals surface area contributed by atoms with E-state index >= 15 is 0 Å². The summed E-state index contributed by atoms with van der Waals surface area (Å²) in [6.07, 6.45) is 0.885. The van der Waals surface area contributed by atoms with E-state index in [9.17, 15) is 14.4 Å². The highest BCUT2D eigenvalue weighted by Gasteiger charge is 2.12. The fourth-order valence-corrected chi connectivity index (χ4v) is 1.05. The van der Waals surface area contributed by atoms with E-state index < -0.39 is 22.8 Å². The van der Waals surface area contributed by atoms with Crippen LogP contribution in [0.2, 0.25) is 0 Å². The first-order valence-electron chi connectivity index (χ1n) is 4.12. The number of aromatic amines is 1. The lowest BCUT2D eigenvalue weighted by Gasteiger charge is -2.03. The van der Waals surface area contributed by atoms with Crippen molar-refractivity contribution in [3.8, 4) is 0 Å². The Bertz CT molecular complexity index is 473. The summed E-state index contributed by atoms with van der Waals surface area (Å²) in [6.45, 7) is 0.178. The summed E-state index contributed by atoms with van der Waals surface area (Å²) < 4.78 is 5.48. The molecule has 0 saturated carbocycles. The second-order valence-electron chi connectivity index (χ2n) is 2.76. The SMILES string of the molecule is COCCn1c(=O)[nH]cc(C(=O)O)c1=O. The minimum absolute atomic E-state index is 0.0196. The average molecular weight is 214 g/mol. The van der Waals surface area contributed by atoms with Crippen LogP contribution in [0.25, 0.3) is 0 Å². The molecule has 15 heavy (non-hydrogen) atoms. The molecular formula is C8H10N2O5. The molecule has 7 nitrogen and oxygen atoms in total. The van der Waals surface area contributed by atoms with Crippen LogP contribution in [-0.2, 0) is 11.3 Å². The van der Waals surface area contributed by atoms with E-state index in [4.69, 9.17) is 9.84 Å². The zero-order valence-electron chi connectivity index (χ0n) is 8.02. The van der Waals surface area contributed by atoms with Crippen molar-refractivity contribution in [1.82, 2.24) is 9.55 Å². The van der Waals surface area contributed by atoms with E-state index in [0.717, 1.165) is 10.8 Å². The standard InChI is InChI=1S/C8H10N2O5/c1-15-3-2-10-6(11)5(7(12)13)4-9-8(10)14/h4H,2-3H2,1H3,(H,9,14)(H,12,13).